The fourth-order valence-corrected chi connectivity index (χ4v) is 3.24. The molecule has 0 amide bonds. The lowest BCUT2D eigenvalue weighted by atomic mass is 10.1. The van der Waals surface area contributed by atoms with Crippen LogP contribution in [0.2, 0.25) is 0 Å². The van der Waals surface area contributed by atoms with E-state index >= 15 is 0 Å². The first kappa shape index (κ1) is 11.1. The third-order valence-corrected chi connectivity index (χ3v) is 4.23. The van der Waals surface area contributed by atoms with Crippen LogP contribution in [0.3, 0.4) is 0 Å². The summed E-state index contributed by atoms with van der Waals surface area (Å²) in [6.07, 6.45) is 8.41. The Morgan fingerprint density at radius 2 is 1.94 bits per heavy atom. The zero-order valence-electron chi connectivity index (χ0n) is 10.2. The molecule has 2 aliphatic rings. The molecular weight excluding hydrogens is 214 g/mol. The third kappa shape index (κ3) is 1.84. The lowest BCUT2D eigenvalue weighted by molar-refractivity contribution is 0.0999. The molecule has 1 aromatic heterocycles. The quantitative estimate of drug-likeness (QED) is 0.730. The van der Waals surface area contributed by atoms with Crippen molar-refractivity contribution in [3.05, 3.63) is 11.3 Å². The summed E-state index contributed by atoms with van der Waals surface area (Å²) in [4.78, 5) is 0. The van der Waals surface area contributed by atoms with Crippen LogP contribution in [0.4, 0.5) is 5.82 Å². The minimum atomic E-state index is -0.278. The second-order valence-corrected chi connectivity index (χ2v) is 5.38. The number of hydrogen-bond donors (Lipinski definition) is 2. The van der Waals surface area contributed by atoms with Gasteiger partial charge in [-0.05, 0) is 32.1 Å². The van der Waals surface area contributed by atoms with Crippen molar-refractivity contribution in [2.24, 2.45) is 0 Å². The van der Waals surface area contributed by atoms with Gasteiger partial charge in [-0.15, -0.1) is 0 Å². The molecule has 3 N–H and O–H groups in total. The van der Waals surface area contributed by atoms with Crippen LogP contribution in [0, 0.1) is 0 Å². The number of fused-ring (bicyclic) bond motifs is 1. The summed E-state index contributed by atoms with van der Waals surface area (Å²) in [6.45, 7) is 0. The molecular formula is C13H21N3O. The molecule has 0 radical (unpaired) electrons. The van der Waals surface area contributed by atoms with Gasteiger partial charge < -0.3 is 10.8 Å². The minimum absolute atomic E-state index is 0.100. The van der Waals surface area contributed by atoms with Crippen molar-refractivity contribution in [2.45, 2.75) is 63.5 Å². The van der Waals surface area contributed by atoms with Crippen molar-refractivity contribution in [3.63, 3.8) is 0 Å². The van der Waals surface area contributed by atoms with E-state index in [0.29, 0.717) is 0 Å². The minimum Gasteiger partial charge on any atom is -0.391 e. The van der Waals surface area contributed by atoms with Gasteiger partial charge in [-0.1, -0.05) is 19.3 Å². The largest absolute Gasteiger partial charge is 0.391 e. The molecule has 4 heteroatoms. The van der Waals surface area contributed by atoms with Gasteiger partial charge in [0, 0.05) is 5.56 Å². The number of nitrogen functional groups attached to an aromatic ring is 1. The van der Waals surface area contributed by atoms with Crippen LogP contribution in [0.25, 0.3) is 0 Å². The van der Waals surface area contributed by atoms with Gasteiger partial charge in [0.05, 0.1) is 17.8 Å². The summed E-state index contributed by atoms with van der Waals surface area (Å²) in [7, 11) is 0. The molecule has 17 heavy (non-hydrogen) atoms. The van der Waals surface area contributed by atoms with E-state index in [2.05, 4.69) is 5.10 Å². The number of aliphatic hydroxyl groups excluding tert-OH is 1. The summed E-state index contributed by atoms with van der Waals surface area (Å²) in [6, 6.07) is 0.100. The lowest BCUT2D eigenvalue weighted by Crippen LogP contribution is -2.25. The average Bonchev–Trinajstić information content (AvgIpc) is 2.81. The fourth-order valence-electron chi connectivity index (χ4n) is 3.24. The second kappa shape index (κ2) is 4.33. The van der Waals surface area contributed by atoms with Crippen LogP contribution in [0.15, 0.2) is 0 Å². The Morgan fingerprint density at radius 3 is 2.76 bits per heavy atom. The van der Waals surface area contributed by atoms with Gasteiger partial charge >= 0.3 is 0 Å². The molecule has 2 unspecified atom stereocenters. The first-order valence-corrected chi connectivity index (χ1v) is 6.81. The summed E-state index contributed by atoms with van der Waals surface area (Å²) in [5.74, 6) is 0.809. The Hall–Kier alpha value is -1.03. The smallest absolute Gasteiger partial charge is 0.125 e. The molecule has 0 saturated heterocycles. The molecule has 0 spiro atoms. The fraction of sp³-hybridized carbons (Fsp3) is 0.769. The zero-order chi connectivity index (χ0) is 11.8. The Morgan fingerprint density at radius 1 is 1.12 bits per heavy atom. The van der Waals surface area contributed by atoms with E-state index in [1.165, 1.54) is 30.5 Å². The number of hydrogen-bond acceptors (Lipinski definition) is 3. The maximum absolute atomic E-state index is 10.2. The molecule has 94 valence electrons. The second-order valence-electron chi connectivity index (χ2n) is 5.38. The topological polar surface area (TPSA) is 64.1 Å². The lowest BCUT2D eigenvalue weighted by Gasteiger charge is -2.22. The van der Waals surface area contributed by atoms with Crippen molar-refractivity contribution in [2.75, 3.05) is 5.73 Å². The van der Waals surface area contributed by atoms with Crippen LogP contribution in [0.1, 0.15) is 55.8 Å². The van der Waals surface area contributed by atoms with Crippen molar-refractivity contribution < 1.29 is 5.11 Å². The highest BCUT2D eigenvalue weighted by Gasteiger charge is 2.29. The standard InChI is InChI=1S/C13H21N3O/c14-13-9-5-4-6-10(9)15-16(13)11-7-2-1-3-8-12(11)17/h11-12,17H,1-8,14H2. The Bertz CT molecular complexity index is 413. The molecule has 1 heterocycles. The average molecular weight is 235 g/mol. The Kier molecular flexibility index (Phi) is 2.82. The summed E-state index contributed by atoms with van der Waals surface area (Å²) in [5, 5.41) is 14.8. The highest BCUT2D eigenvalue weighted by Crippen LogP contribution is 2.33. The van der Waals surface area contributed by atoms with E-state index in [-0.39, 0.29) is 12.1 Å². The predicted octanol–water partition coefficient (Wildman–Crippen LogP) is 1.82. The first-order chi connectivity index (χ1) is 8.27. The molecule has 0 aliphatic heterocycles. The van der Waals surface area contributed by atoms with Crippen molar-refractivity contribution in [1.29, 1.82) is 0 Å². The number of nitrogens with two attached hydrogens (primary N) is 1. The summed E-state index contributed by atoms with van der Waals surface area (Å²) < 4.78 is 1.92. The van der Waals surface area contributed by atoms with Crippen molar-refractivity contribution >= 4 is 5.82 Å². The van der Waals surface area contributed by atoms with Crippen molar-refractivity contribution in [3.8, 4) is 0 Å². The van der Waals surface area contributed by atoms with Gasteiger partial charge in [-0.2, -0.15) is 5.10 Å². The first-order valence-electron chi connectivity index (χ1n) is 6.81. The van der Waals surface area contributed by atoms with Gasteiger partial charge in [0.15, 0.2) is 0 Å². The van der Waals surface area contributed by atoms with E-state index in [1.54, 1.807) is 0 Å². The number of rotatable bonds is 1. The van der Waals surface area contributed by atoms with Crippen LogP contribution in [0.5, 0.6) is 0 Å². The summed E-state index contributed by atoms with van der Waals surface area (Å²) >= 11 is 0. The van der Waals surface area contributed by atoms with Gasteiger partial charge in [-0.3, -0.25) is 0 Å². The number of aliphatic hydroxyl groups is 1. The van der Waals surface area contributed by atoms with Gasteiger partial charge in [0.25, 0.3) is 0 Å². The number of aryl methyl sites for hydroxylation is 1. The zero-order valence-corrected chi connectivity index (χ0v) is 10.2. The van der Waals surface area contributed by atoms with Gasteiger partial charge in [0.2, 0.25) is 0 Å². The van der Waals surface area contributed by atoms with Crippen LogP contribution < -0.4 is 5.73 Å². The van der Waals surface area contributed by atoms with Crippen molar-refractivity contribution in [1.82, 2.24) is 9.78 Å². The van der Waals surface area contributed by atoms with E-state index in [4.69, 9.17) is 5.73 Å². The molecule has 2 atom stereocenters. The molecule has 3 rings (SSSR count). The predicted molar refractivity (Wildman–Crippen MR) is 66.8 cm³/mol. The Labute approximate surface area is 102 Å². The molecule has 0 bridgehead atoms. The monoisotopic (exact) mass is 235 g/mol. The SMILES string of the molecule is Nc1c2c(nn1C1CCCCCC1O)CCC2. The van der Waals surface area contributed by atoms with Gasteiger partial charge in [-0.25, -0.2) is 4.68 Å². The Balaban J connectivity index is 1.92. The molecule has 1 aromatic rings. The highest BCUT2D eigenvalue weighted by atomic mass is 16.3. The molecule has 1 fully saturated rings. The molecule has 2 aliphatic carbocycles. The highest BCUT2D eigenvalue weighted by molar-refractivity contribution is 5.46. The molecule has 1 saturated carbocycles. The van der Waals surface area contributed by atoms with Gasteiger partial charge in [0.1, 0.15) is 5.82 Å². The van der Waals surface area contributed by atoms with E-state index in [0.717, 1.165) is 37.9 Å². The maximum atomic E-state index is 10.2. The number of aromatic nitrogens is 2. The normalized spacial score (nSPS) is 29.0. The molecule has 0 aromatic carbocycles. The third-order valence-electron chi connectivity index (χ3n) is 4.23. The van der Waals surface area contributed by atoms with E-state index in [9.17, 15) is 5.11 Å². The van der Waals surface area contributed by atoms with Crippen LogP contribution >= 0.6 is 0 Å². The van der Waals surface area contributed by atoms with Crippen LogP contribution in [-0.4, -0.2) is 21.0 Å². The van der Waals surface area contributed by atoms with Crippen LogP contribution in [-0.2, 0) is 12.8 Å². The maximum Gasteiger partial charge on any atom is 0.125 e. The summed E-state index contributed by atoms with van der Waals surface area (Å²) in [5.41, 5.74) is 8.59. The van der Waals surface area contributed by atoms with E-state index in [1.807, 2.05) is 4.68 Å². The molecule has 4 nitrogen and oxygen atoms in total. The number of anilines is 1. The van der Waals surface area contributed by atoms with E-state index < -0.39 is 0 Å². The number of nitrogens with zero attached hydrogens (tertiary/aromatic N) is 2.